The zero-order valence-electron chi connectivity index (χ0n) is 9.48. The molecule has 1 heterocycles. The SMILES string of the molecule is CN1CCC(N(CCCN)C2CC2)C1=O. The minimum absolute atomic E-state index is 0.147. The van der Waals surface area contributed by atoms with Gasteiger partial charge in [0, 0.05) is 26.2 Å². The van der Waals surface area contributed by atoms with Gasteiger partial charge in [0.25, 0.3) is 0 Å². The molecule has 86 valence electrons. The van der Waals surface area contributed by atoms with Gasteiger partial charge in [-0.2, -0.15) is 0 Å². The fraction of sp³-hybridized carbons (Fsp3) is 0.909. The van der Waals surface area contributed by atoms with Gasteiger partial charge in [-0.05, 0) is 32.2 Å². The van der Waals surface area contributed by atoms with E-state index in [9.17, 15) is 4.79 Å². The van der Waals surface area contributed by atoms with E-state index >= 15 is 0 Å². The van der Waals surface area contributed by atoms with Crippen molar-refractivity contribution in [2.75, 3.05) is 26.7 Å². The van der Waals surface area contributed by atoms with E-state index in [0.29, 0.717) is 11.9 Å². The quantitative estimate of drug-likeness (QED) is 0.698. The fourth-order valence-corrected chi connectivity index (χ4v) is 2.38. The summed E-state index contributed by atoms with van der Waals surface area (Å²) in [5.41, 5.74) is 5.54. The first kappa shape index (κ1) is 10.9. The van der Waals surface area contributed by atoms with Crippen LogP contribution in [0.5, 0.6) is 0 Å². The average molecular weight is 211 g/mol. The third-order valence-corrected chi connectivity index (χ3v) is 3.44. The molecule has 2 N–H and O–H groups in total. The summed E-state index contributed by atoms with van der Waals surface area (Å²) in [7, 11) is 1.90. The Morgan fingerprint density at radius 1 is 1.47 bits per heavy atom. The first-order chi connectivity index (χ1) is 7.24. The molecule has 0 aromatic carbocycles. The van der Waals surface area contributed by atoms with Crippen molar-refractivity contribution >= 4 is 5.91 Å². The van der Waals surface area contributed by atoms with Crippen LogP contribution in [0.15, 0.2) is 0 Å². The van der Waals surface area contributed by atoms with E-state index in [-0.39, 0.29) is 6.04 Å². The van der Waals surface area contributed by atoms with E-state index in [4.69, 9.17) is 5.73 Å². The summed E-state index contributed by atoms with van der Waals surface area (Å²) >= 11 is 0. The van der Waals surface area contributed by atoms with E-state index in [0.717, 1.165) is 32.5 Å². The molecule has 1 atom stereocenters. The van der Waals surface area contributed by atoms with Crippen molar-refractivity contribution in [3.63, 3.8) is 0 Å². The summed E-state index contributed by atoms with van der Waals surface area (Å²) in [4.78, 5) is 16.1. The van der Waals surface area contributed by atoms with Crippen molar-refractivity contribution in [1.29, 1.82) is 0 Å². The predicted octanol–water partition coefficient (Wildman–Crippen LogP) is 0.0303. The van der Waals surface area contributed by atoms with Crippen LogP contribution in [0.25, 0.3) is 0 Å². The molecule has 1 aliphatic carbocycles. The molecule has 15 heavy (non-hydrogen) atoms. The third kappa shape index (κ3) is 2.32. The number of likely N-dealkylation sites (tertiary alicyclic amines) is 1. The van der Waals surface area contributed by atoms with E-state index < -0.39 is 0 Å². The molecule has 1 saturated heterocycles. The highest BCUT2D eigenvalue weighted by Crippen LogP contribution is 2.31. The van der Waals surface area contributed by atoms with Crippen LogP contribution < -0.4 is 5.73 Å². The van der Waals surface area contributed by atoms with Crippen LogP contribution in [0.4, 0.5) is 0 Å². The maximum Gasteiger partial charge on any atom is 0.239 e. The van der Waals surface area contributed by atoms with Crippen LogP contribution >= 0.6 is 0 Å². The Morgan fingerprint density at radius 3 is 2.67 bits per heavy atom. The molecule has 0 aromatic heterocycles. The molecule has 1 saturated carbocycles. The van der Waals surface area contributed by atoms with Gasteiger partial charge in [0.15, 0.2) is 0 Å². The molecule has 0 aromatic rings. The lowest BCUT2D eigenvalue weighted by atomic mass is 10.2. The van der Waals surface area contributed by atoms with Crippen molar-refractivity contribution in [3.05, 3.63) is 0 Å². The van der Waals surface area contributed by atoms with Crippen LogP contribution in [0.3, 0.4) is 0 Å². The molecule has 1 amide bonds. The second-order valence-electron chi connectivity index (χ2n) is 4.68. The summed E-state index contributed by atoms with van der Waals surface area (Å²) in [6.07, 6.45) is 4.52. The first-order valence-corrected chi connectivity index (χ1v) is 5.95. The predicted molar refractivity (Wildman–Crippen MR) is 59.4 cm³/mol. The summed E-state index contributed by atoms with van der Waals surface area (Å²) in [5.74, 6) is 0.305. The lowest BCUT2D eigenvalue weighted by Crippen LogP contribution is -2.43. The highest BCUT2D eigenvalue weighted by atomic mass is 16.2. The zero-order valence-corrected chi connectivity index (χ0v) is 9.48. The molecular weight excluding hydrogens is 190 g/mol. The summed E-state index contributed by atoms with van der Waals surface area (Å²) in [5, 5.41) is 0. The van der Waals surface area contributed by atoms with Crippen LogP contribution in [-0.2, 0) is 4.79 Å². The molecule has 2 fully saturated rings. The molecule has 0 bridgehead atoms. The van der Waals surface area contributed by atoms with Crippen molar-refractivity contribution in [1.82, 2.24) is 9.80 Å². The van der Waals surface area contributed by atoms with Gasteiger partial charge in [0.1, 0.15) is 0 Å². The van der Waals surface area contributed by atoms with Crippen LogP contribution in [0.1, 0.15) is 25.7 Å². The number of nitrogens with zero attached hydrogens (tertiary/aromatic N) is 2. The second kappa shape index (κ2) is 4.49. The molecular formula is C11H21N3O. The third-order valence-electron chi connectivity index (χ3n) is 3.44. The summed E-state index contributed by atoms with van der Waals surface area (Å²) < 4.78 is 0. The molecule has 0 radical (unpaired) electrons. The number of carbonyl (C=O) groups is 1. The Kier molecular flexibility index (Phi) is 3.26. The largest absolute Gasteiger partial charge is 0.344 e. The van der Waals surface area contributed by atoms with Crippen molar-refractivity contribution < 1.29 is 4.79 Å². The average Bonchev–Trinajstić information content (AvgIpc) is 3.00. The normalized spacial score (nSPS) is 26.7. The van der Waals surface area contributed by atoms with Crippen molar-refractivity contribution in [2.24, 2.45) is 5.73 Å². The molecule has 1 aliphatic heterocycles. The molecule has 0 spiro atoms. The summed E-state index contributed by atoms with van der Waals surface area (Å²) in [6, 6.07) is 0.811. The van der Waals surface area contributed by atoms with E-state index in [1.807, 2.05) is 11.9 Å². The van der Waals surface area contributed by atoms with Crippen LogP contribution in [0, 0.1) is 0 Å². The number of amides is 1. The molecule has 1 unspecified atom stereocenters. The maximum atomic E-state index is 11.9. The maximum absolute atomic E-state index is 11.9. The number of nitrogens with two attached hydrogens (primary N) is 1. The van der Waals surface area contributed by atoms with E-state index in [2.05, 4.69) is 4.90 Å². The van der Waals surface area contributed by atoms with Gasteiger partial charge in [0.05, 0.1) is 6.04 Å². The van der Waals surface area contributed by atoms with Gasteiger partial charge in [-0.25, -0.2) is 0 Å². The minimum atomic E-state index is 0.147. The van der Waals surface area contributed by atoms with Crippen LogP contribution in [0.2, 0.25) is 0 Å². The standard InChI is InChI=1S/C11H21N3O/c1-13-8-5-10(11(13)15)14(7-2-6-12)9-3-4-9/h9-10H,2-8,12H2,1H3. The lowest BCUT2D eigenvalue weighted by Gasteiger charge is -2.27. The fourth-order valence-electron chi connectivity index (χ4n) is 2.38. The number of hydrogen-bond acceptors (Lipinski definition) is 3. The highest BCUT2D eigenvalue weighted by Gasteiger charge is 2.40. The van der Waals surface area contributed by atoms with Crippen molar-refractivity contribution in [2.45, 2.75) is 37.8 Å². The smallest absolute Gasteiger partial charge is 0.239 e. The van der Waals surface area contributed by atoms with Gasteiger partial charge in [-0.1, -0.05) is 0 Å². The monoisotopic (exact) mass is 211 g/mol. The van der Waals surface area contributed by atoms with Crippen LogP contribution in [-0.4, -0.2) is 54.5 Å². The van der Waals surface area contributed by atoms with E-state index in [1.165, 1.54) is 12.8 Å². The van der Waals surface area contributed by atoms with Gasteiger partial charge >= 0.3 is 0 Å². The Hall–Kier alpha value is -0.610. The lowest BCUT2D eigenvalue weighted by molar-refractivity contribution is -0.131. The molecule has 4 heteroatoms. The minimum Gasteiger partial charge on any atom is -0.344 e. The Bertz CT molecular complexity index is 240. The second-order valence-corrected chi connectivity index (χ2v) is 4.68. The van der Waals surface area contributed by atoms with Gasteiger partial charge < -0.3 is 10.6 Å². The number of carbonyl (C=O) groups excluding carboxylic acids is 1. The Labute approximate surface area is 91.4 Å². The Balaban J connectivity index is 1.95. The van der Waals surface area contributed by atoms with Crippen molar-refractivity contribution in [3.8, 4) is 0 Å². The van der Waals surface area contributed by atoms with Gasteiger partial charge in [0.2, 0.25) is 5.91 Å². The first-order valence-electron chi connectivity index (χ1n) is 5.95. The van der Waals surface area contributed by atoms with Gasteiger partial charge in [-0.15, -0.1) is 0 Å². The number of likely N-dealkylation sites (N-methyl/N-ethyl adjacent to an activating group) is 1. The van der Waals surface area contributed by atoms with Gasteiger partial charge in [-0.3, -0.25) is 9.69 Å². The molecule has 4 nitrogen and oxygen atoms in total. The number of hydrogen-bond donors (Lipinski definition) is 1. The van der Waals surface area contributed by atoms with E-state index in [1.54, 1.807) is 0 Å². The highest BCUT2D eigenvalue weighted by molar-refractivity contribution is 5.83. The molecule has 2 rings (SSSR count). The number of rotatable bonds is 5. The zero-order chi connectivity index (χ0) is 10.8. The topological polar surface area (TPSA) is 49.6 Å². The Morgan fingerprint density at radius 2 is 2.20 bits per heavy atom. The summed E-state index contributed by atoms with van der Waals surface area (Å²) in [6.45, 7) is 2.63. The molecule has 2 aliphatic rings.